The number of nitrogens with one attached hydrogen (secondary N) is 2. The molecule has 0 radical (unpaired) electrons. The van der Waals surface area contributed by atoms with E-state index in [-0.39, 0.29) is 0 Å². The Bertz CT molecular complexity index is 583. The molecule has 0 aromatic carbocycles. The summed E-state index contributed by atoms with van der Waals surface area (Å²) in [5.74, 6) is 2.70. The van der Waals surface area contributed by atoms with E-state index in [2.05, 4.69) is 61.8 Å². The first-order valence-corrected chi connectivity index (χ1v) is 8.39. The fraction of sp³-hybridized carbons (Fsp3) is 0.429. The second-order valence-corrected chi connectivity index (χ2v) is 6.34. The van der Waals surface area contributed by atoms with Gasteiger partial charge in [0.1, 0.15) is 17.5 Å². The van der Waals surface area contributed by atoms with Crippen LogP contribution >= 0.6 is 27.3 Å². The van der Waals surface area contributed by atoms with Crippen LogP contribution in [-0.2, 0) is 13.0 Å². The summed E-state index contributed by atoms with van der Waals surface area (Å²) in [5, 5.41) is 8.80. The van der Waals surface area contributed by atoms with Crippen molar-refractivity contribution in [3.63, 3.8) is 0 Å². The van der Waals surface area contributed by atoms with Crippen molar-refractivity contribution in [2.75, 3.05) is 17.2 Å². The lowest BCUT2D eigenvalue weighted by atomic mass is 10.3. The van der Waals surface area contributed by atoms with Gasteiger partial charge in [-0.1, -0.05) is 6.92 Å². The van der Waals surface area contributed by atoms with Crippen LogP contribution in [0.25, 0.3) is 0 Å². The van der Waals surface area contributed by atoms with Gasteiger partial charge in [-0.2, -0.15) is 0 Å². The zero-order chi connectivity index (χ0) is 14.5. The summed E-state index contributed by atoms with van der Waals surface area (Å²) < 4.78 is 1.13. The Morgan fingerprint density at radius 1 is 1.20 bits per heavy atom. The molecule has 0 amide bonds. The summed E-state index contributed by atoms with van der Waals surface area (Å²) in [5.41, 5.74) is 1.07. The van der Waals surface area contributed by atoms with E-state index in [9.17, 15) is 0 Å². The lowest BCUT2D eigenvalue weighted by Gasteiger charge is -2.13. The van der Waals surface area contributed by atoms with E-state index in [1.54, 1.807) is 11.3 Å². The van der Waals surface area contributed by atoms with Crippen LogP contribution in [0, 0.1) is 6.92 Å². The van der Waals surface area contributed by atoms with E-state index in [0.29, 0.717) is 0 Å². The molecule has 0 aliphatic rings. The Morgan fingerprint density at radius 3 is 2.45 bits per heavy atom. The predicted octanol–water partition coefficient (Wildman–Crippen LogP) is 4.22. The minimum absolute atomic E-state index is 0.781. The fourth-order valence-electron chi connectivity index (χ4n) is 1.85. The first-order valence-electron chi connectivity index (χ1n) is 6.72. The molecular formula is C14H19BrN4S. The number of hydrogen-bond acceptors (Lipinski definition) is 5. The molecule has 0 fully saturated rings. The topological polar surface area (TPSA) is 49.8 Å². The summed E-state index contributed by atoms with van der Waals surface area (Å²) in [6, 6.07) is 2.13. The third-order valence-electron chi connectivity index (χ3n) is 2.90. The van der Waals surface area contributed by atoms with Gasteiger partial charge in [0, 0.05) is 33.3 Å². The van der Waals surface area contributed by atoms with Gasteiger partial charge in [-0.3, -0.25) is 0 Å². The van der Waals surface area contributed by atoms with Crippen LogP contribution < -0.4 is 10.6 Å². The number of hydrogen-bond donors (Lipinski definition) is 2. The highest BCUT2D eigenvalue weighted by molar-refractivity contribution is 9.10. The average molecular weight is 355 g/mol. The molecule has 0 aliphatic heterocycles. The molecule has 2 N–H and O–H groups in total. The van der Waals surface area contributed by atoms with Crippen LogP contribution in [0.1, 0.15) is 30.1 Å². The second-order valence-electron chi connectivity index (χ2n) is 4.43. The van der Waals surface area contributed by atoms with Crippen molar-refractivity contribution in [2.24, 2.45) is 0 Å². The second kappa shape index (κ2) is 7.04. The summed E-state index contributed by atoms with van der Waals surface area (Å²) in [4.78, 5) is 10.4. The SMILES string of the molecule is CCNc1nc(CC)nc(NCc2cc(Br)cs2)c1C. The van der Waals surface area contributed by atoms with Gasteiger partial charge < -0.3 is 10.6 Å². The predicted molar refractivity (Wildman–Crippen MR) is 89.7 cm³/mol. The van der Waals surface area contributed by atoms with Gasteiger partial charge in [0.2, 0.25) is 0 Å². The number of aryl methyl sites for hydroxylation is 1. The molecule has 6 heteroatoms. The zero-order valence-corrected chi connectivity index (χ0v) is 14.4. The molecule has 108 valence electrons. The molecule has 0 saturated carbocycles. The fourth-order valence-corrected chi connectivity index (χ4v) is 3.24. The summed E-state index contributed by atoms with van der Waals surface area (Å²) >= 11 is 5.21. The van der Waals surface area contributed by atoms with E-state index < -0.39 is 0 Å². The number of rotatable bonds is 6. The average Bonchev–Trinajstić information content (AvgIpc) is 2.85. The highest BCUT2D eigenvalue weighted by atomic mass is 79.9. The quantitative estimate of drug-likeness (QED) is 0.815. The van der Waals surface area contributed by atoms with Crippen molar-refractivity contribution in [3.05, 3.63) is 32.2 Å². The lowest BCUT2D eigenvalue weighted by Crippen LogP contribution is -2.10. The van der Waals surface area contributed by atoms with Gasteiger partial charge >= 0.3 is 0 Å². The molecule has 0 saturated heterocycles. The van der Waals surface area contributed by atoms with Crippen LogP contribution in [0.2, 0.25) is 0 Å². The highest BCUT2D eigenvalue weighted by Crippen LogP contribution is 2.23. The van der Waals surface area contributed by atoms with Crippen molar-refractivity contribution in [3.8, 4) is 0 Å². The molecule has 2 aromatic heterocycles. The molecule has 2 rings (SSSR count). The third kappa shape index (κ3) is 3.70. The number of thiophene rings is 1. The van der Waals surface area contributed by atoms with Crippen molar-refractivity contribution in [2.45, 2.75) is 33.7 Å². The first kappa shape index (κ1) is 15.3. The van der Waals surface area contributed by atoms with Crippen LogP contribution in [0.3, 0.4) is 0 Å². The lowest BCUT2D eigenvalue weighted by molar-refractivity contribution is 0.920. The molecule has 0 bridgehead atoms. The van der Waals surface area contributed by atoms with Gasteiger partial charge in [0.15, 0.2) is 0 Å². The van der Waals surface area contributed by atoms with Crippen LogP contribution in [0.4, 0.5) is 11.6 Å². The van der Waals surface area contributed by atoms with Gasteiger partial charge in [-0.25, -0.2) is 9.97 Å². The number of aromatic nitrogens is 2. The van der Waals surface area contributed by atoms with Crippen LogP contribution in [0.5, 0.6) is 0 Å². The molecule has 0 atom stereocenters. The summed E-state index contributed by atoms with van der Waals surface area (Å²) in [7, 11) is 0. The Morgan fingerprint density at radius 2 is 1.90 bits per heavy atom. The van der Waals surface area contributed by atoms with Gasteiger partial charge in [-0.05, 0) is 35.8 Å². The van der Waals surface area contributed by atoms with Gasteiger partial charge in [0.25, 0.3) is 0 Å². The van der Waals surface area contributed by atoms with E-state index in [0.717, 1.165) is 47.0 Å². The minimum atomic E-state index is 0.781. The molecule has 0 spiro atoms. The molecule has 20 heavy (non-hydrogen) atoms. The van der Waals surface area contributed by atoms with E-state index in [4.69, 9.17) is 0 Å². The summed E-state index contributed by atoms with van der Waals surface area (Å²) in [6.07, 6.45) is 0.831. The van der Waals surface area contributed by atoms with Crippen molar-refractivity contribution < 1.29 is 0 Å². The first-order chi connectivity index (χ1) is 9.63. The minimum Gasteiger partial charge on any atom is -0.370 e. The van der Waals surface area contributed by atoms with E-state index >= 15 is 0 Å². The maximum atomic E-state index is 4.59. The maximum Gasteiger partial charge on any atom is 0.135 e. The molecule has 2 aromatic rings. The molecule has 2 heterocycles. The number of anilines is 2. The van der Waals surface area contributed by atoms with Crippen molar-refractivity contribution in [1.82, 2.24) is 9.97 Å². The maximum absolute atomic E-state index is 4.59. The van der Waals surface area contributed by atoms with Crippen LogP contribution in [0.15, 0.2) is 15.9 Å². The normalized spacial score (nSPS) is 10.6. The van der Waals surface area contributed by atoms with Gasteiger partial charge in [-0.15, -0.1) is 11.3 Å². The zero-order valence-electron chi connectivity index (χ0n) is 12.0. The molecule has 4 nitrogen and oxygen atoms in total. The summed E-state index contributed by atoms with van der Waals surface area (Å²) in [6.45, 7) is 7.83. The smallest absolute Gasteiger partial charge is 0.135 e. The van der Waals surface area contributed by atoms with Crippen molar-refractivity contribution in [1.29, 1.82) is 0 Å². The largest absolute Gasteiger partial charge is 0.370 e. The van der Waals surface area contributed by atoms with E-state index in [1.165, 1.54) is 4.88 Å². The third-order valence-corrected chi connectivity index (χ3v) is 4.60. The molecule has 0 unspecified atom stereocenters. The standard InChI is InChI=1S/C14H19BrN4S/c1-4-12-18-13(16-5-2)9(3)14(19-12)17-7-11-6-10(15)8-20-11/h6,8H,4-5,7H2,1-3H3,(H2,16,17,18,19). The Balaban J connectivity index is 2.19. The van der Waals surface area contributed by atoms with Crippen molar-refractivity contribution >= 4 is 38.9 Å². The Hall–Kier alpha value is -1.14. The van der Waals surface area contributed by atoms with Crippen LogP contribution in [-0.4, -0.2) is 16.5 Å². The molecule has 0 aliphatic carbocycles. The van der Waals surface area contributed by atoms with E-state index in [1.807, 2.05) is 6.92 Å². The van der Waals surface area contributed by atoms with Gasteiger partial charge in [0.05, 0.1) is 6.54 Å². The highest BCUT2D eigenvalue weighted by Gasteiger charge is 2.09. The Labute approximate surface area is 132 Å². The number of halogens is 1. The Kier molecular flexibility index (Phi) is 5.37. The molecular weight excluding hydrogens is 336 g/mol. The number of nitrogens with zero attached hydrogens (tertiary/aromatic N) is 2. The monoisotopic (exact) mass is 354 g/mol.